The van der Waals surface area contributed by atoms with E-state index in [1.807, 2.05) is 49.4 Å². The average molecular weight is 461 g/mol. The summed E-state index contributed by atoms with van der Waals surface area (Å²) in [7, 11) is 1.59. The SMILES string of the molecule is CCCN1C(=O)/C(=C/c2ccc(OCc3ccc(Br)cc3)c(OC)c2)NC1=S. The molecule has 5 nitrogen and oxygen atoms in total. The van der Waals surface area contributed by atoms with Gasteiger partial charge in [0.25, 0.3) is 5.91 Å². The minimum atomic E-state index is -0.110. The molecule has 0 radical (unpaired) electrons. The van der Waals surface area contributed by atoms with Crippen LogP contribution in [0.1, 0.15) is 24.5 Å². The molecular weight excluding hydrogens is 440 g/mol. The predicted molar refractivity (Wildman–Crippen MR) is 117 cm³/mol. The Bertz CT molecular complexity index is 912. The number of halogens is 1. The maximum absolute atomic E-state index is 12.5. The standard InChI is InChI=1S/C21H21BrN2O3S/c1-3-10-24-20(25)17(23-21(24)28)11-15-6-9-18(19(12-15)26-2)27-13-14-4-7-16(22)8-5-14/h4-9,11-12H,3,10,13H2,1-2H3,(H,23,28)/b17-11-. The van der Waals surface area contributed by atoms with Crippen molar-refractivity contribution in [3.05, 3.63) is 63.8 Å². The molecule has 3 rings (SSSR count). The number of nitrogens with zero attached hydrogens (tertiary/aromatic N) is 1. The fraction of sp³-hybridized carbons (Fsp3) is 0.238. The molecular formula is C21H21BrN2O3S. The van der Waals surface area contributed by atoms with Crippen LogP contribution in [0.5, 0.6) is 11.5 Å². The van der Waals surface area contributed by atoms with E-state index in [0.29, 0.717) is 35.5 Å². The molecule has 7 heteroatoms. The number of carbonyl (C=O) groups excluding carboxylic acids is 1. The number of carbonyl (C=O) groups is 1. The van der Waals surface area contributed by atoms with Gasteiger partial charge < -0.3 is 14.8 Å². The van der Waals surface area contributed by atoms with Gasteiger partial charge in [-0.05, 0) is 60.1 Å². The van der Waals surface area contributed by atoms with Crippen LogP contribution in [0.2, 0.25) is 0 Å². The topological polar surface area (TPSA) is 50.8 Å². The molecule has 28 heavy (non-hydrogen) atoms. The summed E-state index contributed by atoms with van der Waals surface area (Å²) in [6.07, 6.45) is 2.62. The van der Waals surface area contributed by atoms with Crippen molar-refractivity contribution in [2.24, 2.45) is 0 Å². The fourth-order valence-electron chi connectivity index (χ4n) is 2.80. The normalized spacial score (nSPS) is 15.1. The maximum Gasteiger partial charge on any atom is 0.276 e. The quantitative estimate of drug-likeness (QED) is 0.486. The first-order valence-corrected chi connectivity index (χ1v) is 10.1. The summed E-state index contributed by atoms with van der Waals surface area (Å²) >= 11 is 8.66. The van der Waals surface area contributed by atoms with E-state index in [0.717, 1.165) is 22.0 Å². The van der Waals surface area contributed by atoms with E-state index < -0.39 is 0 Å². The van der Waals surface area contributed by atoms with Gasteiger partial charge in [0, 0.05) is 11.0 Å². The Morgan fingerprint density at radius 3 is 2.61 bits per heavy atom. The van der Waals surface area contributed by atoms with E-state index in [1.165, 1.54) is 0 Å². The van der Waals surface area contributed by atoms with Gasteiger partial charge in [0.15, 0.2) is 16.6 Å². The highest BCUT2D eigenvalue weighted by molar-refractivity contribution is 9.10. The van der Waals surface area contributed by atoms with Crippen molar-refractivity contribution < 1.29 is 14.3 Å². The van der Waals surface area contributed by atoms with Crippen LogP contribution in [0.25, 0.3) is 6.08 Å². The summed E-state index contributed by atoms with van der Waals surface area (Å²) in [6.45, 7) is 3.05. The maximum atomic E-state index is 12.5. The highest BCUT2D eigenvalue weighted by atomic mass is 79.9. The van der Waals surface area contributed by atoms with E-state index in [4.69, 9.17) is 21.7 Å². The van der Waals surface area contributed by atoms with Crippen molar-refractivity contribution in [2.45, 2.75) is 20.0 Å². The molecule has 0 atom stereocenters. The summed E-state index contributed by atoms with van der Waals surface area (Å²) in [5.74, 6) is 1.13. The van der Waals surface area contributed by atoms with Crippen molar-refractivity contribution in [3.63, 3.8) is 0 Å². The molecule has 0 aliphatic carbocycles. The molecule has 0 saturated carbocycles. The summed E-state index contributed by atoms with van der Waals surface area (Å²) in [5.41, 5.74) is 2.34. The van der Waals surface area contributed by atoms with E-state index in [-0.39, 0.29) is 5.91 Å². The Balaban J connectivity index is 1.75. The molecule has 0 spiro atoms. The van der Waals surface area contributed by atoms with Crippen LogP contribution < -0.4 is 14.8 Å². The molecule has 0 bridgehead atoms. The molecule has 1 fully saturated rings. The summed E-state index contributed by atoms with van der Waals surface area (Å²) in [6, 6.07) is 13.5. The van der Waals surface area contributed by atoms with Gasteiger partial charge in [0.1, 0.15) is 12.3 Å². The van der Waals surface area contributed by atoms with Crippen molar-refractivity contribution in [2.75, 3.05) is 13.7 Å². The zero-order valence-corrected chi connectivity index (χ0v) is 18.1. The number of methoxy groups -OCH3 is 1. The van der Waals surface area contributed by atoms with Crippen LogP contribution in [-0.4, -0.2) is 29.6 Å². The van der Waals surface area contributed by atoms with Crippen LogP contribution in [0.15, 0.2) is 52.6 Å². The lowest BCUT2D eigenvalue weighted by Crippen LogP contribution is -2.31. The number of nitrogens with one attached hydrogen (secondary N) is 1. The molecule has 1 saturated heterocycles. The van der Waals surface area contributed by atoms with Gasteiger partial charge >= 0.3 is 0 Å². The minimum absolute atomic E-state index is 0.110. The lowest BCUT2D eigenvalue weighted by atomic mass is 10.1. The van der Waals surface area contributed by atoms with Crippen molar-refractivity contribution in [3.8, 4) is 11.5 Å². The molecule has 1 aliphatic heterocycles. The first kappa shape index (κ1) is 20.4. The van der Waals surface area contributed by atoms with Crippen molar-refractivity contribution in [1.82, 2.24) is 10.2 Å². The highest BCUT2D eigenvalue weighted by Gasteiger charge is 2.29. The second-order valence-electron chi connectivity index (χ2n) is 6.27. The third-order valence-electron chi connectivity index (χ3n) is 4.22. The van der Waals surface area contributed by atoms with Gasteiger partial charge in [0.05, 0.1) is 7.11 Å². The zero-order chi connectivity index (χ0) is 20.1. The van der Waals surface area contributed by atoms with Gasteiger partial charge in [0.2, 0.25) is 0 Å². The summed E-state index contributed by atoms with van der Waals surface area (Å²) in [5, 5.41) is 3.43. The Labute approximate surface area is 178 Å². The summed E-state index contributed by atoms with van der Waals surface area (Å²) in [4.78, 5) is 14.0. The Morgan fingerprint density at radius 1 is 1.18 bits per heavy atom. The lowest BCUT2D eigenvalue weighted by Gasteiger charge is -2.12. The monoisotopic (exact) mass is 460 g/mol. The Hall–Kier alpha value is -2.38. The molecule has 0 aromatic heterocycles. The Morgan fingerprint density at radius 2 is 1.93 bits per heavy atom. The number of amides is 1. The largest absolute Gasteiger partial charge is 0.493 e. The molecule has 2 aromatic rings. The van der Waals surface area contributed by atoms with Gasteiger partial charge in [-0.1, -0.05) is 41.1 Å². The molecule has 1 aliphatic rings. The van der Waals surface area contributed by atoms with Crippen LogP contribution in [-0.2, 0) is 11.4 Å². The van der Waals surface area contributed by atoms with Crippen LogP contribution in [0, 0.1) is 0 Å². The smallest absolute Gasteiger partial charge is 0.276 e. The van der Waals surface area contributed by atoms with E-state index in [2.05, 4.69) is 21.2 Å². The molecule has 146 valence electrons. The second kappa shape index (κ2) is 9.21. The predicted octanol–water partition coefficient (Wildman–Crippen LogP) is 4.50. The zero-order valence-electron chi connectivity index (χ0n) is 15.7. The van der Waals surface area contributed by atoms with Gasteiger partial charge in [-0.15, -0.1) is 0 Å². The van der Waals surface area contributed by atoms with Gasteiger partial charge in [-0.3, -0.25) is 9.69 Å². The van der Waals surface area contributed by atoms with Gasteiger partial charge in [-0.25, -0.2) is 0 Å². The van der Waals surface area contributed by atoms with E-state index in [9.17, 15) is 4.79 Å². The third kappa shape index (κ3) is 4.72. The van der Waals surface area contributed by atoms with Crippen LogP contribution in [0.4, 0.5) is 0 Å². The molecule has 0 unspecified atom stereocenters. The molecule has 1 amide bonds. The molecule has 1 heterocycles. The molecule has 2 aromatic carbocycles. The Kier molecular flexibility index (Phi) is 6.70. The van der Waals surface area contributed by atoms with Crippen LogP contribution in [0.3, 0.4) is 0 Å². The number of rotatable bonds is 7. The number of hydrogen-bond acceptors (Lipinski definition) is 4. The first-order valence-electron chi connectivity index (χ1n) is 8.91. The van der Waals surface area contributed by atoms with Gasteiger partial charge in [-0.2, -0.15) is 0 Å². The third-order valence-corrected chi connectivity index (χ3v) is 5.07. The molecule has 1 N–H and O–H groups in total. The van der Waals surface area contributed by atoms with Crippen molar-refractivity contribution >= 4 is 45.2 Å². The number of thiocarbonyl (C=S) groups is 1. The highest BCUT2D eigenvalue weighted by Crippen LogP contribution is 2.30. The average Bonchev–Trinajstić information content (AvgIpc) is 2.96. The second-order valence-corrected chi connectivity index (χ2v) is 7.57. The van der Waals surface area contributed by atoms with Crippen molar-refractivity contribution in [1.29, 1.82) is 0 Å². The number of benzene rings is 2. The number of hydrogen-bond donors (Lipinski definition) is 1. The lowest BCUT2D eigenvalue weighted by molar-refractivity contribution is -0.122. The first-order chi connectivity index (χ1) is 13.5. The minimum Gasteiger partial charge on any atom is -0.493 e. The number of ether oxygens (including phenoxy) is 2. The van der Waals surface area contributed by atoms with Crippen LogP contribution >= 0.6 is 28.1 Å². The fourth-order valence-corrected chi connectivity index (χ4v) is 3.35. The summed E-state index contributed by atoms with van der Waals surface area (Å²) < 4.78 is 12.4. The van der Waals surface area contributed by atoms with E-state index in [1.54, 1.807) is 18.1 Å². The van der Waals surface area contributed by atoms with E-state index >= 15 is 0 Å².